The first kappa shape index (κ1) is 9.54. The van der Waals surface area contributed by atoms with E-state index in [0.717, 1.165) is 12.2 Å². The van der Waals surface area contributed by atoms with Crippen LogP contribution in [0.1, 0.15) is 40.0 Å². The molecular weight excluding hydrogens is 124 g/mol. The Morgan fingerprint density at radius 2 is 2.10 bits per heavy atom. The van der Waals surface area contributed by atoms with Crippen LogP contribution in [0, 0.1) is 0 Å². The molecule has 0 amide bonds. The van der Waals surface area contributed by atoms with Gasteiger partial charge < -0.3 is 4.74 Å². The average molecular weight is 142 g/mol. The molecule has 0 saturated heterocycles. The number of ether oxygens (including phenoxy) is 1. The Kier molecular flexibility index (Phi) is 5.09. The van der Waals surface area contributed by atoms with Gasteiger partial charge in [-0.05, 0) is 20.3 Å². The lowest BCUT2D eigenvalue weighted by Crippen LogP contribution is -2.00. The van der Waals surface area contributed by atoms with Gasteiger partial charge in [0.15, 0.2) is 0 Å². The molecule has 0 unspecified atom stereocenters. The topological polar surface area (TPSA) is 9.23 Å². The van der Waals surface area contributed by atoms with E-state index in [4.69, 9.17) is 4.74 Å². The van der Waals surface area contributed by atoms with Crippen molar-refractivity contribution < 1.29 is 4.74 Å². The molecule has 0 aliphatic carbocycles. The SMILES string of the molecule is C=C(CCCC)OC(C)C. The number of unbranched alkanes of at least 4 members (excludes halogenated alkanes) is 1. The first-order valence-corrected chi connectivity index (χ1v) is 4.01. The van der Waals surface area contributed by atoms with Gasteiger partial charge in [-0.15, -0.1) is 0 Å². The molecule has 0 rings (SSSR count). The van der Waals surface area contributed by atoms with Crippen molar-refractivity contribution in [3.63, 3.8) is 0 Å². The molecule has 0 spiro atoms. The zero-order chi connectivity index (χ0) is 7.98. The van der Waals surface area contributed by atoms with Gasteiger partial charge in [-0.2, -0.15) is 0 Å². The molecule has 1 nitrogen and oxygen atoms in total. The molecule has 0 radical (unpaired) electrons. The second-order valence-corrected chi connectivity index (χ2v) is 2.81. The Labute approximate surface area is 64.1 Å². The Bertz CT molecular complexity index is 94.9. The third-order valence-corrected chi connectivity index (χ3v) is 1.21. The lowest BCUT2D eigenvalue weighted by Gasteiger charge is -2.11. The van der Waals surface area contributed by atoms with E-state index in [1.807, 2.05) is 13.8 Å². The molecule has 0 N–H and O–H groups in total. The van der Waals surface area contributed by atoms with Gasteiger partial charge in [-0.25, -0.2) is 0 Å². The average Bonchev–Trinajstić information content (AvgIpc) is 1.82. The Morgan fingerprint density at radius 1 is 1.50 bits per heavy atom. The second kappa shape index (κ2) is 5.33. The Morgan fingerprint density at radius 3 is 2.50 bits per heavy atom. The maximum absolute atomic E-state index is 5.36. The molecule has 0 aromatic rings. The van der Waals surface area contributed by atoms with Gasteiger partial charge in [0.25, 0.3) is 0 Å². The number of hydrogen-bond acceptors (Lipinski definition) is 1. The molecule has 0 aromatic heterocycles. The Balaban J connectivity index is 3.26. The maximum atomic E-state index is 5.36. The molecule has 0 bridgehead atoms. The summed E-state index contributed by atoms with van der Waals surface area (Å²) < 4.78 is 5.36. The van der Waals surface area contributed by atoms with E-state index in [0.29, 0.717) is 0 Å². The molecule has 0 saturated carbocycles. The van der Waals surface area contributed by atoms with Gasteiger partial charge in [0.2, 0.25) is 0 Å². The van der Waals surface area contributed by atoms with E-state index in [1.165, 1.54) is 12.8 Å². The summed E-state index contributed by atoms with van der Waals surface area (Å²) in [4.78, 5) is 0. The summed E-state index contributed by atoms with van der Waals surface area (Å²) >= 11 is 0. The van der Waals surface area contributed by atoms with E-state index < -0.39 is 0 Å². The zero-order valence-corrected chi connectivity index (χ0v) is 7.31. The summed E-state index contributed by atoms with van der Waals surface area (Å²) in [6.45, 7) is 10.0. The fraction of sp³-hybridized carbons (Fsp3) is 0.778. The molecule has 0 aliphatic rings. The summed E-state index contributed by atoms with van der Waals surface area (Å²) in [6.07, 6.45) is 3.69. The van der Waals surface area contributed by atoms with Crippen molar-refractivity contribution in [1.29, 1.82) is 0 Å². The van der Waals surface area contributed by atoms with Gasteiger partial charge in [-0.3, -0.25) is 0 Å². The summed E-state index contributed by atoms with van der Waals surface area (Å²) in [5.41, 5.74) is 0. The lowest BCUT2D eigenvalue weighted by atomic mass is 10.2. The summed E-state index contributed by atoms with van der Waals surface area (Å²) in [6, 6.07) is 0. The molecule has 0 atom stereocenters. The van der Waals surface area contributed by atoms with Crippen LogP contribution in [-0.4, -0.2) is 6.10 Å². The van der Waals surface area contributed by atoms with Crippen LogP contribution in [-0.2, 0) is 4.74 Å². The van der Waals surface area contributed by atoms with Crippen LogP contribution in [0.4, 0.5) is 0 Å². The summed E-state index contributed by atoms with van der Waals surface area (Å²) in [7, 11) is 0. The highest BCUT2D eigenvalue weighted by molar-refractivity contribution is 4.82. The highest BCUT2D eigenvalue weighted by Crippen LogP contribution is 2.08. The maximum Gasteiger partial charge on any atom is 0.0926 e. The highest BCUT2D eigenvalue weighted by Gasteiger charge is 1.96. The number of allylic oxidation sites excluding steroid dienone is 1. The van der Waals surface area contributed by atoms with E-state index in [2.05, 4.69) is 13.5 Å². The second-order valence-electron chi connectivity index (χ2n) is 2.81. The molecule has 60 valence electrons. The fourth-order valence-electron chi connectivity index (χ4n) is 0.766. The number of hydrogen-bond donors (Lipinski definition) is 0. The van der Waals surface area contributed by atoms with Crippen LogP contribution in [0.2, 0.25) is 0 Å². The standard InChI is InChI=1S/C9H18O/c1-5-6-7-9(4)10-8(2)3/h8H,4-7H2,1-3H3. The largest absolute Gasteiger partial charge is 0.496 e. The predicted molar refractivity (Wildman–Crippen MR) is 44.9 cm³/mol. The van der Waals surface area contributed by atoms with E-state index in [1.54, 1.807) is 0 Å². The van der Waals surface area contributed by atoms with Crippen LogP contribution < -0.4 is 0 Å². The third-order valence-electron chi connectivity index (χ3n) is 1.21. The monoisotopic (exact) mass is 142 g/mol. The van der Waals surface area contributed by atoms with Crippen molar-refractivity contribution in [3.05, 3.63) is 12.3 Å². The Hall–Kier alpha value is -0.460. The normalized spacial score (nSPS) is 10.0. The van der Waals surface area contributed by atoms with Gasteiger partial charge >= 0.3 is 0 Å². The van der Waals surface area contributed by atoms with Crippen LogP contribution in [0.25, 0.3) is 0 Å². The smallest absolute Gasteiger partial charge is 0.0926 e. The lowest BCUT2D eigenvalue weighted by molar-refractivity contribution is 0.140. The van der Waals surface area contributed by atoms with Crippen molar-refractivity contribution in [2.45, 2.75) is 46.1 Å². The third kappa shape index (κ3) is 5.67. The molecule has 0 aromatic carbocycles. The minimum absolute atomic E-state index is 0.282. The zero-order valence-electron chi connectivity index (χ0n) is 7.31. The van der Waals surface area contributed by atoms with Gasteiger partial charge in [0, 0.05) is 6.42 Å². The van der Waals surface area contributed by atoms with Crippen molar-refractivity contribution >= 4 is 0 Å². The summed E-state index contributed by atoms with van der Waals surface area (Å²) in [5, 5.41) is 0. The van der Waals surface area contributed by atoms with Crippen LogP contribution in [0.5, 0.6) is 0 Å². The van der Waals surface area contributed by atoms with Crippen molar-refractivity contribution in [3.8, 4) is 0 Å². The highest BCUT2D eigenvalue weighted by atomic mass is 16.5. The minimum Gasteiger partial charge on any atom is -0.496 e. The molecule has 0 aliphatic heterocycles. The summed E-state index contributed by atoms with van der Waals surface area (Å²) in [5.74, 6) is 0.928. The first-order valence-electron chi connectivity index (χ1n) is 4.01. The number of rotatable bonds is 5. The minimum atomic E-state index is 0.282. The first-order chi connectivity index (χ1) is 4.66. The van der Waals surface area contributed by atoms with E-state index in [-0.39, 0.29) is 6.10 Å². The van der Waals surface area contributed by atoms with Gasteiger partial charge in [0.1, 0.15) is 0 Å². The van der Waals surface area contributed by atoms with E-state index >= 15 is 0 Å². The molecule has 1 heteroatoms. The predicted octanol–water partition coefficient (Wildman–Crippen LogP) is 3.12. The van der Waals surface area contributed by atoms with Crippen molar-refractivity contribution in [1.82, 2.24) is 0 Å². The van der Waals surface area contributed by atoms with Crippen LogP contribution in [0.3, 0.4) is 0 Å². The van der Waals surface area contributed by atoms with Crippen LogP contribution in [0.15, 0.2) is 12.3 Å². The van der Waals surface area contributed by atoms with Crippen LogP contribution >= 0.6 is 0 Å². The molecule has 10 heavy (non-hydrogen) atoms. The van der Waals surface area contributed by atoms with Gasteiger partial charge in [0.05, 0.1) is 11.9 Å². The quantitative estimate of drug-likeness (QED) is 0.536. The van der Waals surface area contributed by atoms with Crippen molar-refractivity contribution in [2.24, 2.45) is 0 Å². The molecule has 0 fully saturated rings. The van der Waals surface area contributed by atoms with Crippen molar-refractivity contribution in [2.75, 3.05) is 0 Å². The fourth-order valence-corrected chi connectivity index (χ4v) is 0.766. The molecule has 0 heterocycles. The van der Waals surface area contributed by atoms with E-state index in [9.17, 15) is 0 Å². The van der Waals surface area contributed by atoms with Gasteiger partial charge in [-0.1, -0.05) is 19.9 Å². The molecular formula is C9H18O.